The molecule has 1 N–H and O–H groups in total. The van der Waals surface area contributed by atoms with Gasteiger partial charge in [0.1, 0.15) is 11.6 Å². The van der Waals surface area contributed by atoms with Gasteiger partial charge in [-0.3, -0.25) is 4.79 Å². The second-order valence-corrected chi connectivity index (χ2v) is 5.63. The van der Waals surface area contributed by atoms with Gasteiger partial charge in [-0.15, -0.1) is 0 Å². The maximum absolute atomic E-state index is 13.2. The van der Waals surface area contributed by atoms with E-state index >= 15 is 0 Å². The van der Waals surface area contributed by atoms with Gasteiger partial charge in [0.05, 0.1) is 5.60 Å². The molecule has 0 radical (unpaired) electrons. The maximum atomic E-state index is 13.2. The number of carbonyl (C=O) groups excluding carboxylic acids is 1. The van der Waals surface area contributed by atoms with E-state index in [1.165, 1.54) is 12.1 Å². The Morgan fingerprint density at radius 3 is 2.53 bits per heavy atom. The van der Waals surface area contributed by atoms with Crippen molar-refractivity contribution in [3.63, 3.8) is 0 Å². The third-order valence-electron chi connectivity index (χ3n) is 3.19. The lowest BCUT2D eigenvalue weighted by Crippen LogP contribution is -2.36. The molecule has 0 heterocycles. The number of carbonyl (C=O) groups is 1. The van der Waals surface area contributed by atoms with E-state index in [9.17, 15) is 14.3 Å². The summed E-state index contributed by atoms with van der Waals surface area (Å²) in [5, 5.41) is 10.3. The smallest absolute Gasteiger partial charge is 0.133 e. The molecule has 2 nitrogen and oxygen atoms in total. The first-order chi connectivity index (χ1) is 7.97. The minimum absolute atomic E-state index is 0.204. The second kappa shape index (κ2) is 4.86. The highest BCUT2D eigenvalue weighted by Crippen LogP contribution is 2.30. The number of Topliss-reactive ketones (excluding diaryl/α,β-unsaturated/α-hetero) is 1. The maximum Gasteiger partial charge on any atom is 0.133 e. The normalized spacial score (nSPS) is 19.4. The SMILES string of the molecule is O=C1CCC(O)(Cc2cc(F)cc(Br)c2)CC1. The summed E-state index contributed by atoms with van der Waals surface area (Å²) in [6, 6.07) is 4.62. The summed E-state index contributed by atoms with van der Waals surface area (Å²) >= 11 is 3.23. The van der Waals surface area contributed by atoms with Crippen LogP contribution in [0, 0.1) is 5.82 Å². The fourth-order valence-corrected chi connectivity index (χ4v) is 2.78. The molecule has 0 bridgehead atoms. The first kappa shape index (κ1) is 12.7. The topological polar surface area (TPSA) is 37.3 Å². The summed E-state index contributed by atoms with van der Waals surface area (Å²) in [6.07, 6.45) is 2.19. The van der Waals surface area contributed by atoms with Crippen molar-refractivity contribution in [3.05, 3.63) is 34.1 Å². The van der Waals surface area contributed by atoms with E-state index in [2.05, 4.69) is 15.9 Å². The van der Waals surface area contributed by atoms with Gasteiger partial charge in [0.15, 0.2) is 0 Å². The van der Waals surface area contributed by atoms with Crippen LogP contribution in [0.4, 0.5) is 4.39 Å². The highest BCUT2D eigenvalue weighted by molar-refractivity contribution is 9.10. The third kappa shape index (κ3) is 3.36. The van der Waals surface area contributed by atoms with Crippen molar-refractivity contribution in [2.24, 2.45) is 0 Å². The Labute approximate surface area is 108 Å². The number of aliphatic hydroxyl groups is 1. The van der Waals surface area contributed by atoms with Crippen LogP contribution in [0.2, 0.25) is 0 Å². The zero-order chi connectivity index (χ0) is 12.5. The second-order valence-electron chi connectivity index (χ2n) is 4.72. The Morgan fingerprint density at radius 1 is 1.29 bits per heavy atom. The molecule has 0 unspecified atom stereocenters. The highest BCUT2D eigenvalue weighted by Gasteiger charge is 2.32. The van der Waals surface area contributed by atoms with Crippen LogP contribution in [0.15, 0.2) is 22.7 Å². The average Bonchev–Trinajstić information content (AvgIpc) is 2.21. The van der Waals surface area contributed by atoms with Crippen LogP contribution in [-0.2, 0) is 11.2 Å². The fraction of sp³-hybridized carbons (Fsp3) is 0.462. The number of hydrogen-bond acceptors (Lipinski definition) is 2. The van der Waals surface area contributed by atoms with Gasteiger partial charge < -0.3 is 5.11 Å². The van der Waals surface area contributed by atoms with Crippen LogP contribution in [0.3, 0.4) is 0 Å². The fourth-order valence-electron chi connectivity index (χ4n) is 2.26. The molecule has 92 valence electrons. The number of benzene rings is 1. The van der Waals surface area contributed by atoms with E-state index in [0.717, 1.165) is 5.56 Å². The summed E-state index contributed by atoms with van der Waals surface area (Å²) in [7, 11) is 0. The lowest BCUT2D eigenvalue weighted by molar-refractivity contribution is -0.125. The standard InChI is InChI=1S/C13H14BrFO2/c14-10-5-9(6-11(15)7-10)8-13(17)3-1-12(16)2-4-13/h5-7,17H,1-4,8H2. The van der Waals surface area contributed by atoms with Crippen molar-refractivity contribution < 1.29 is 14.3 Å². The van der Waals surface area contributed by atoms with Crippen molar-refractivity contribution in [1.82, 2.24) is 0 Å². The lowest BCUT2D eigenvalue weighted by atomic mass is 9.80. The number of rotatable bonds is 2. The minimum atomic E-state index is -0.860. The van der Waals surface area contributed by atoms with Gasteiger partial charge in [0.25, 0.3) is 0 Å². The van der Waals surface area contributed by atoms with Crippen LogP contribution in [0.1, 0.15) is 31.2 Å². The van der Waals surface area contributed by atoms with E-state index < -0.39 is 5.60 Å². The molecule has 0 amide bonds. The van der Waals surface area contributed by atoms with E-state index in [4.69, 9.17) is 0 Å². The predicted octanol–water partition coefficient (Wildman–Crippen LogP) is 3.00. The van der Waals surface area contributed by atoms with Crippen molar-refractivity contribution in [1.29, 1.82) is 0 Å². The Kier molecular flexibility index (Phi) is 3.64. The first-order valence-electron chi connectivity index (χ1n) is 5.66. The van der Waals surface area contributed by atoms with E-state index in [0.29, 0.717) is 36.6 Å². The van der Waals surface area contributed by atoms with Crippen molar-refractivity contribution >= 4 is 21.7 Å². The van der Waals surface area contributed by atoms with Crippen LogP contribution in [0.5, 0.6) is 0 Å². The predicted molar refractivity (Wildman–Crippen MR) is 66.2 cm³/mol. The molecule has 1 aliphatic carbocycles. The molecule has 4 heteroatoms. The largest absolute Gasteiger partial charge is 0.390 e. The molecule has 17 heavy (non-hydrogen) atoms. The van der Waals surface area contributed by atoms with Crippen LogP contribution < -0.4 is 0 Å². The van der Waals surface area contributed by atoms with Gasteiger partial charge in [-0.1, -0.05) is 15.9 Å². The van der Waals surface area contributed by atoms with Gasteiger partial charge in [-0.25, -0.2) is 4.39 Å². The summed E-state index contributed by atoms with van der Waals surface area (Å²) in [4.78, 5) is 11.1. The monoisotopic (exact) mass is 300 g/mol. The van der Waals surface area contributed by atoms with E-state index in [-0.39, 0.29) is 11.6 Å². The van der Waals surface area contributed by atoms with Gasteiger partial charge in [-0.05, 0) is 36.6 Å². The molecule has 0 saturated heterocycles. The molecule has 0 atom stereocenters. The highest BCUT2D eigenvalue weighted by atomic mass is 79.9. The summed E-state index contributed by atoms with van der Waals surface area (Å²) in [5.41, 5.74) is -0.102. The summed E-state index contributed by atoms with van der Waals surface area (Å²) < 4.78 is 13.9. The van der Waals surface area contributed by atoms with Gasteiger partial charge in [0, 0.05) is 23.7 Å². The van der Waals surface area contributed by atoms with Gasteiger partial charge in [-0.2, -0.15) is 0 Å². The molecule has 0 aliphatic heterocycles. The number of halogens is 2. The first-order valence-corrected chi connectivity index (χ1v) is 6.45. The quantitative estimate of drug-likeness (QED) is 0.912. The zero-order valence-corrected chi connectivity index (χ0v) is 11.0. The Balaban J connectivity index is 2.11. The van der Waals surface area contributed by atoms with E-state index in [1.54, 1.807) is 6.07 Å². The molecule has 1 saturated carbocycles. The van der Waals surface area contributed by atoms with Crippen LogP contribution in [0.25, 0.3) is 0 Å². The summed E-state index contributed by atoms with van der Waals surface area (Å²) in [6.45, 7) is 0. The average molecular weight is 301 g/mol. The summed E-state index contributed by atoms with van der Waals surface area (Å²) in [5.74, 6) is -0.111. The molecule has 1 aliphatic rings. The Morgan fingerprint density at radius 2 is 1.94 bits per heavy atom. The number of hydrogen-bond donors (Lipinski definition) is 1. The molecular formula is C13H14BrFO2. The van der Waals surface area contributed by atoms with Gasteiger partial charge >= 0.3 is 0 Å². The van der Waals surface area contributed by atoms with Crippen LogP contribution >= 0.6 is 15.9 Å². The molecule has 2 rings (SSSR count). The lowest BCUT2D eigenvalue weighted by Gasteiger charge is -2.31. The Bertz CT molecular complexity index is 415. The van der Waals surface area contributed by atoms with Crippen molar-refractivity contribution in [2.45, 2.75) is 37.7 Å². The minimum Gasteiger partial charge on any atom is -0.390 e. The molecule has 0 spiro atoms. The van der Waals surface area contributed by atoms with Crippen LogP contribution in [-0.4, -0.2) is 16.5 Å². The van der Waals surface area contributed by atoms with Crippen molar-refractivity contribution in [2.75, 3.05) is 0 Å². The van der Waals surface area contributed by atoms with E-state index in [1.807, 2.05) is 0 Å². The zero-order valence-electron chi connectivity index (χ0n) is 9.38. The molecule has 1 aromatic carbocycles. The number of ketones is 1. The van der Waals surface area contributed by atoms with Crippen molar-refractivity contribution in [3.8, 4) is 0 Å². The molecule has 0 aromatic heterocycles. The van der Waals surface area contributed by atoms with Gasteiger partial charge in [0.2, 0.25) is 0 Å². The molecular weight excluding hydrogens is 287 g/mol. The molecule has 1 aromatic rings. The third-order valence-corrected chi connectivity index (χ3v) is 3.65. The molecule has 1 fully saturated rings. The Hall–Kier alpha value is -0.740.